The van der Waals surface area contributed by atoms with Crippen LogP contribution < -0.4 is 24.3 Å². The molecular weight excluding hydrogens is 446 g/mol. The van der Waals surface area contributed by atoms with Gasteiger partial charge in [-0.3, -0.25) is 4.79 Å². The van der Waals surface area contributed by atoms with E-state index in [9.17, 15) is 4.79 Å². The maximum atomic E-state index is 13.4. The smallest absolute Gasteiger partial charge is 0.272 e. The van der Waals surface area contributed by atoms with Crippen LogP contribution in [0.15, 0.2) is 72.9 Å². The molecule has 0 saturated carbocycles. The molecule has 3 aromatic carbocycles. The van der Waals surface area contributed by atoms with E-state index < -0.39 is 0 Å². The predicted molar refractivity (Wildman–Crippen MR) is 131 cm³/mol. The minimum absolute atomic E-state index is 0.273. The van der Waals surface area contributed by atoms with Crippen molar-refractivity contribution in [3.05, 3.63) is 84.2 Å². The van der Waals surface area contributed by atoms with Gasteiger partial charge in [-0.05, 0) is 35.9 Å². The van der Waals surface area contributed by atoms with Gasteiger partial charge in [-0.25, -0.2) is 4.68 Å². The number of benzene rings is 3. The third kappa shape index (κ3) is 4.50. The molecule has 1 amide bonds. The van der Waals surface area contributed by atoms with Crippen molar-refractivity contribution < 1.29 is 23.7 Å². The van der Waals surface area contributed by atoms with Crippen LogP contribution in [0.2, 0.25) is 0 Å². The summed E-state index contributed by atoms with van der Waals surface area (Å²) in [5.41, 5.74) is 3.43. The highest BCUT2D eigenvalue weighted by molar-refractivity contribution is 5.99. The first-order valence-electron chi connectivity index (χ1n) is 11.2. The second-order valence-corrected chi connectivity index (χ2v) is 7.87. The summed E-state index contributed by atoms with van der Waals surface area (Å²) in [5, 5.41) is 7.62. The van der Waals surface area contributed by atoms with Crippen LogP contribution in [0, 0.1) is 0 Å². The van der Waals surface area contributed by atoms with Crippen molar-refractivity contribution in [3.63, 3.8) is 0 Å². The monoisotopic (exact) mass is 471 g/mol. The Kier molecular flexibility index (Phi) is 6.26. The van der Waals surface area contributed by atoms with Crippen molar-refractivity contribution >= 4 is 5.91 Å². The van der Waals surface area contributed by atoms with Gasteiger partial charge in [0.2, 0.25) is 0 Å². The lowest BCUT2D eigenvalue weighted by molar-refractivity contribution is 0.0945. The number of nitrogens with one attached hydrogen (secondary N) is 1. The summed E-state index contributed by atoms with van der Waals surface area (Å²) in [6.45, 7) is 1.26. The second kappa shape index (κ2) is 9.80. The molecule has 1 N–H and O–H groups in total. The molecule has 4 aromatic rings. The number of hydrogen-bond donors (Lipinski definition) is 1. The highest BCUT2D eigenvalue weighted by atomic mass is 16.6. The second-order valence-electron chi connectivity index (χ2n) is 7.87. The maximum absolute atomic E-state index is 13.4. The number of methoxy groups -OCH3 is 2. The number of para-hydroxylation sites is 2. The Hall–Kier alpha value is -4.46. The summed E-state index contributed by atoms with van der Waals surface area (Å²) >= 11 is 0. The van der Waals surface area contributed by atoms with Crippen LogP contribution in [0.25, 0.3) is 16.8 Å². The maximum Gasteiger partial charge on any atom is 0.272 e. The van der Waals surface area contributed by atoms with Crippen molar-refractivity contribution in [3.8, 4) is 39.8 Å². The van der Waals surface area contributed by atoms with Gasteiger partial charge in [-0.15, -0.1) is 0 Å². The van der Waals surface area contributed by atoms with Crippen molar-refractivity contribution in [1.29, 1.82) is 0 Å². The highest BCUT2D eigenvalue weighted by Gasteiger charge is 2.22. The highest BCUT2D eigenvalue weighted by Crippen LogP contribution is 2.35. The van der Waals surface area contributed by atoms with Crippen LogP contribution in [0.4, 0.5) is 0 Å². The minimum Gasteiger partial charge on any atom is -0.493 e. The molecule has 0 atom stereocenters. The van der Waals surface area contributed by atoms with Crippen LogP contribution >= 0.6 is 0 Å². The van der Waals surface area contributed by atoms with Crippen LogP contribution in [0.1, 0.15) is 16.1 Å². The molecule has 5 rings (SSSR count). The summed E-state index contributed by atoms with van der Waals surface area (Å²) in [6, 6.07) is 20.8. The van der Waals surface area contributed by atoms with Crippen molar-refractivity contribution in [1.82, 2.24) is 15.1 Å². The van der Waals surface area contributed by atoms with Crippen LogP contribution in [0.5, 0.6) is 23.0 Å². The fraction of sp³-hybridized carbons (Fsp3) is 0.185. The summed E-state index contributed by atoms with van der Waals surface area (Å²) in [6.07, 6.45) is 1.84. The lowest BCUT2D eigenvalue weighted by Crippen LogP contribution is -2.25. The Bertz CT molecular complexity index is 1350. The van der Waals surface area contributed by atoms with E-state index in [0.29, 0.717) is 47.5 Å². The van der Waals surface area contributed by atoms with E-state index in [2.05, 4.69) is 10.4 Å². The van der Waals surface area contributed by atoms with Gasteiger partial charge < -0.3 is 24.3 Å². The largest absolute Gasteiger partial charge is 0.493 e. The van der Waals surface area contributed by atoms with Crippen LogP contribution in [0.3, 0.4) is 0 Å². The minimum atomic E-state index is -0.307. The van der Waals surface area contributed by atoms with Crippen LogP contribution in [-0.2, 0) is 6.54 Å². The molecule has 0 unspecified atom stereocenters. The number of amides is 1. The summed E-state index contributed by atoms with van der Waals surface area (Å²) in [5.74, 6) is 2.21. The lowest BCUT2D eigenvalue weighted by atomic mass is 10.1. The fourth-order valence-electron chi connectivity index (χ4n) is 4.00. The quantitative estimate of drug-likeness (QED) is 0.434. The number of ether oxygens (including phenoxy) is 4. The average Bonchev–Trinajstić information content (AvgIpc) is 3.37. The number of carbonyl (C=O) groups excluding carboxylic acids is 1. The summed E-state index contributed by atoms with van der Waals surface area (Å²) in [7, 11) is 3.16. The van der Waals surface area contributed by atoms with Gasteiger partial charge in [0.25, 0.3) is 5.91 Å². The van der Waals surface area contributed by atoms with Gasteiger partial charge in [0.1, 0.15) is 13.2 Å². The normalized spacial score (nSPS) is 12.2. The first kappa shape index (κ1) is 22.3. The molecule has 8 heteroatoms. The third-order valence-electron chi connectivity index (χ3n) is 5.73. The fourth-order valence-corrected chi connectivity index (χ4v) is 4.00. The number of carbonyl (C=O) groups is 1. The van der Waals surface area contributed by atoms with E-state index in [-0.39, 0.29) is 12.5 Å². The summed E-state index contributed by atoms with van der Waals surface area (Å²) < 4.78 is 24.0. The first-order valence-corrected chi connectivity index (χ1v) is 11.2. The first-order chi connectivity index (χ1) is 17.2. The average molecular weight is 472 g/mol. The number of hydrogen-bond acceptors (Lipinski definition) is 6. The molecule has 8 nitrogen and oxygen atoms in total. The van der Waals surface area contributed by atoms with Gasteiger partial charge >= 0.3 is 0 Å². The Balaban J connectivity index is 1.49. The Morgan fingerprint density at radius 2 is 1.77 bits per heavy atom. The van der Waals surface area contributed by atoms with E-state index in [0.717, 1.165) is 16.8 Å². The molecule has 1 aromatic heterocycles. The molecule has 35 heavy (non-hydrogen) atoms. The number of rotatable bonds is 7. The molecule has 0 aliphatic carbocycles. The molecule has 1 aliphatic heterocycles. The topological polar surface area (TPSA) is 83.8 Å². The molecule has 0 saturated heterocycles. The number of fused-ring (bicyclic) bond motifs is 1. The van der Waals surface area contributed by atoms with Gasteiger partial charge in [-0.2, -0.15) is 5.10 Å². The Morgan fingerprint density at radius 3 is 2.57 bits per heavy atom. The number of nitrogens with zero attached hydrogens (tertiary/aromatic N) is 2. The Morgan fingerprint density at radius 1 is 0.971 bits per heavy atom. The lowest BCUT2D eigenvalue weighted by Gasteiger charge is -2.21. The molecule has 178 valence electrons. The molecule has 1 aliphatic rings. The molecule has 0 fully saturated rings. The van der Waals surface area contributed by atoms with Crippen molar-refractivity contribution in [2.24, 2.45) is 0 Å². The van der Waals surface area contributed by atoms with Gasteiger partial charge in [0, 0.05) is 23.9 Å². The zero-order valence-corrected chi connectivity index (χ0v) is 19.5. The van der Waals surface area contributed by atoms with Crippen LogP contribution in [-0.4, -0.2) is 43.1 Å². The zero-order valence-electron chi connectivity index (χ0n) is 19.5. The van der Waals surface area contributed by atoms with Crippen molar-refractivity contribution in [2.75, 3.05) is 27.4 Å². The molecule has 0 spiro atoms. The zero-order chi connectivity index (χ0) is 24.2. The van der Waals surface area contributed by atoms with E-state index in [1.165, 1.54) is 0 Å². The predicted octanol–water partition coefficient (Wildman–Crippen LogP) is 4.26. The Labute approximate surface area is 203 Å². The number of aromatic nitrogens is 2. The summed E-state index contributed by atoms with van der Waals surface area (Å²) in [4.78, 5) is 13.4. The van der Waals surface area contributed by atoms with E-state index in [4.69, 9.17) is 18.9 Å². The standard InChI is InChI=1S/C27H25N3O5/c1-32-22-12-11-18(15-24(22)33-2)21-17-30(20-8-4-3-5-9-20)29-25(21)27(31)28-16-19-7-6-10-23-26(19)35-14-13-34-23/h3-12,15,17H,13-14,16H2,1-2H3,(H,28,31). The van der Waals surface area contributed by atoms with Gasteiger partial charge in [0.05, 0.1) is 19.9 Å². The SMILES string of the molecule is COc1ccc(-c2cn(-c3ccccc3)nc2C(=O)NCc2cccc3c2OCCO3)cc1OC. The molecule has 2 heterocycles. The van der Waals surface area contributed by atoms with E-state index in [1.54, 1.807) is 18.9 Å². The molecular formula is C27H25N3O5. The van der Waals surface area contributed by atoms with E-state index >= 15 is 0 Å². The third-order valence-corrected chi connectivity index (χ3v) is 5.73. The van der Waals surface area contributed by atoms with E-state index in [1.807, 2.05) is 72.9 Å². The van der Waals surface area contributed by atoms with Gasteiger partial charge in [0.15, 0.2) is 28.7 Å². The molecule has 0 radical (unpaired) electrons. The van der Waals surface area contributed by atoms with Gasteiger partial charge in [-0.1, -0.05) is 36.4 Å². The van der Waals surface area contributed by atoms with Crippen molar-refractivity contribution in [2.45, 2.75) is 6.54 Å². The molecule has 0 bridgehead atoms.